The van der Waals surface area contributed by atoms with E-state index in [1.807, 2.05) is 31.2 Å². The Kier molecular flexibility index (Phi) is 7.20. The zero-order chi connectivity index (χ0) is 24.1. The molecule has 4 rings (SSSR count). The average Bonchev–Trinajstić information content (AvgIpc) is 3.13. The van der Waals surface area contributed by atoms with E-state index in [-0.39, 0.29) is 37.4 Å². The summed E-state index contributed by atoms with van der Waals surface area (Å²) in [6.07, 6.45) is 2.94. The molecule has 0 saturated heterocycles. The molecular weight excluding hydrogens is 432 g/mol. The van der Waals surface area contributed by atoms with Crippen LogP contribution in [0.2, 0.25) is 0 Å². The molecule has 0 bridgehead atoms. The van der Waals surface area contributed by atoms with E-state index < -0.39 is 17.5 Å². The number of carbonyl (C=O) groups is 3. The Bertz CT molecular complexity index is 1020. The SMILES string of the molecule is CCC(CCC(=O)NCC1(C(=O)O)CCC1)NC(=O)OCC1c2ccccc2-c2ccccc21. The van der Waals surface area contributed by atoms with Crippen LogP contribution in [0.25, 0.3) is 11.1 Å². The lowest BCUT2D eigenvalue weighted by Crippen LogP contribution is -2.47. The summed E-state index contributed by atoms with van der Waals surface area (Å²) >= 11 is 0. The first-order chi connectivity index (χ1) is 16.4. The molecular formula is C27H32N2O5. The van der Waals surface area contributed by atoms with Crippen molar-refractivity contribution in [3.05, 3.63) is 59.7 Å². The van der Waals surface area contributed by atoms with Crippen molar-refractivity contribution in [3.8, 4) is 11.1 Å². The van der Waals surface area contributed by atoms with Crippen LogP contribution in [-0.4, -0.2) is 42.3 Å². The van der Waals surface area contributed by atoms with Crippen molar-refractivity contribution < 1.29 is 24.2 Å². The minimum Gasteiger partial charge on any atom is -0.481 e. The number of benzene rings is 2. The fourth-order valence-corrected chi connectivity index (χ4v) is 4.92. The Hall–Kier alpha value is -3.35. The zero-order valence-electron chi connectivity index (χ0n) is 19.5. The molecule has 3 N–H and O–H groups in total. The first-order valence-corrected chi connectivity index (χ1v) is 12.0. The van der Waals surface area contributed by atoms with E-state index in [0.29, 0.717) is 25.7 Å². The topological polar surface area (TPSA) is 105 Å². The van der Waals surface area contributed by atoms with Crippen LogP contribution in [0.1, 0.15) is 62.5 Å². The van der Waals surface area contributed by atoms with Gasteiger partial charge in [-0.15, -0.1) is 0 Å². The standard InChI is InChI=1S/C27H32N2O5/c1-2-18(12-13-24(30)28-17-27(25(31)32)14-7-15-27)29-26(33)34-16-23-21-10-5-3-8-19(21)20-9-4-6-11-22(20)23/h3-6,8-11,18,23H,2,7,12-17H2,1H3,(H,28,30)(H,29,33)(H,31,32). The molecule has 1 unspecified atom stereocenters. The number of ether oxygens (including phenoxy) is 1. The number of hydrogen-bond donors (Lipinski definition) is 3. The molecule has 0 aromatic heterocycles. The number of nitrogens with one attached hydrogen (secondary N) is 2. The number of hydrogen-bond acceptors (Lipinski definition) is 4. The minimum absolute atomic E-state index is 0.00272. The van der Waals surface area contributed by atoms with Crippen molar-refractivity contribution in [1.29, 1.82) is 0 Å². The highest BCUT2D eigenvalue weighted by Gasteiger charge is 2.44. The highest BCUT2D eigenvalue weighted by atomic mass is 16.5. The van der Waals surface area contributed by atoms with Crippen LogP contribution in [0.5, 0.6) is 0 Å². The van der Waals surface area contributed by atoms with Crippen molar-refractivity contribution in [3.63, 3.8) is 0 Å². The molecule has 0 spiro atoms. The zero-order valence-corrected chi connectivity index (χ0v) is 19.5. The van der Waals surface area contributed by atoms with Gasteiger partial charge in [0.05, 0.1) is 5.41 Å². The molecule has 2 aliphatic carbocycles. The molecule has 2 aromatic carbocycles. The molecule has 34 heavy (non-hydrogen) atoms. The maximum Gasteiger partial charge on any atom is 0.407 e. The number of carboxylic acids is 1. The van der Waals surface area contributed by atoms with Crippen LogP contribution in [-0.2, 0) is 14.3 Å². The number of amides is 2. The van der Waals surface area contributed by atoms with E-state index in [1.54, 1.807) is 0 Å². The van der Waals surface area contributed by atoms with Gasteiger partial charge < -0.3 is 20.5 Å². The van der Waals surface area contributed by atoms with Gasteiger partial charge in [-0.2, -0.15) is 0 Å². The second kappa shape index (κ2) is 10.3. The van der Waals surface area contributed by atoms with E-state index in [0.717, 1.165) is 17.5 Å². The maximum absolute atomic E-state index is 12.5. The fraction of sp³-hybridized carbons (Fsp3) is 0.444. The first kappa shape index (κ1) is 23.8. The number of rotatable bonds is 10. The quantitative estimate of drug-likeness (QED) is 0.482. The summed E-state index contributed by atoms with van der Waals surface area (Å²) in [6, 6.07) is 16.2. The summed E-state index contributed by atoms with van der Waals surface area (Å²) in [6.45, 7) is 2.35. The molecule has 2 amide bonds. The predicted octanol–water partition coefficient (Wildman–Crippen LogP) is 4.46. The predicted molar refractivity (Wildman–Crippen MR) is 128 cm³/mol. The third kappa shape index (κ3) is 4.93. The Balaban J connectivity index is 1.25. The maximum atomic E-state index is 12.5. The molecule has 180 valence electrons. The van der Waals surface area contributed by atoms with Gasteiger partial charge in [-0.1, -0.05) is 61.9 Å². The number of alkyl carbamates (subject to hydrolysis) is 1. The lowest BCUT2D eigenvalue weighted by atomic mass is 9.69. The Morgan fingerprint density at radius 3 is 2.21 bits per heavy atom. The molecule has 0 heterocycles. The van der Waals surface area contributed by atoms with Crippen molar-refractivity contribution in [1.82, 2.24) is 10.6 Å². The minimum atomic E-state index is -0.845. The lowest BCUT2D eigenvalue weighted by Gasteiger charge is -2.37. The molecule has 1 saturated carbocycles. The molecule has 0 aliphatic heterocycles. The highest BCUT2D eigenvalue weighted by Crippen LogP contribution is 2.44. The first-order valence-electron chi connectivity index (χ1n) is 12.0. The van der Waals surface area contributed by atoms with Crippen LogP contribution < -0.4 is 10.6 Å². The third-order valence-corrected chi connectivity index (χ3v) is 7.27. The average molecular weight is 465 g/mol. The molecule has 7 nitrogen and oxygen atoms in total. The smallest absolute Gasteiger partial charge is 0.407 e. The van der Waals surface area contributed by atoms with E-state index >= 15 is 0 Å². The van der Waals surface area contributed by atoms with Crippen LogP contribution in [0.4, 0.5) is 4.79 Å². The Morgan fingerprint density at radius 1 is 1.06 bits per heavy atom. The highest BCUT2D eigenvalue weighted by molar-refractivity contribution is 5.80. The van der Waals surface area contributed by atoms with Crippen LogP contribution in [0, 0.1) is 5.41 Å². The number of carboxylic acid groups (broad SMARTS) is 1. The fourth-order valence-electron chi connectivity index (χ4n) is 4.92. The summed E-state index contributed by atoms with van der Waals surface area (Å²) in [5, 5.41) is 15.0. The van der Waals surface area contributed by atoms with Crippen molar-refractivity contribution in [2.24, 2.45) is 5.41 Å². The lowest BCUT2D eigenvalue weighted by molar-refractivity contribution is -0.154. The van der Waals surface area contributed by atoms with Crippen LogP contribution in [0.3, 0.4) is 0 Å². The molecule has 7 heteroatoms. The number of carbonyl (C=O) groups excluding carboxylic acids is 2. The summed E-state index contributed by atoms with van der Waals surface area (Å²) in [4.78, 5) is 36.2. The van der Waals surface area contributed by atoms with Gasteiger partial charge in [0.25, 0.3) is 0 Å². The van der Waals surface area contributed by atoms with E-state index in [9.17, 15) is 19.5 Å². The van der Waals surface area contributed by atoms with Gasteiger partial charge in [-0.25, -0.2) is 4.79 Å². The summed E-state index contributed by atoms with van der Waals surface area (Å²) in [5.41, 5.74) is 3.86. The van der Waals surface area contributed by atoms with Gasteiger partial charge in [0.15, 0.2) is 0 Å². The van der Waals surface area contributed by atoms with Gasteiger partial charge in [-0.3, -0.25) is 9.59 Å². The number of fused-ring (bicyclic) bond motifs is 3. The second-order valence-electron chi connectivity index (χ2n) is 9.33. The normalized spacial score (nSPS) is 16.5. The summed E-state index contributed by atoms with van der Waals surface area (Å²) in [7, 11) is 0. The van der Waals surface area contributed by atoms with E-state index in [2.05, 4.69) is 34.9 Å². The largest absolute Gasteiger partial charge is 0.481 e. The van der Waals surface area contributed by atoms with Crippen LogP contribution >= 0.6 is 0 Å². The molecule has 2 aliphatic rings. The van der Waals surface area contributed by atoms with E-state index in [4.69, 9.17) is 4.74 Å². The van der Waals surface area contributed by atoms with Crippen molar-refractivity contribution >= 4 is 18.0 Å². The van der Waals surface area contributed by atoms with Crippen molar-refractivity contribution in [2.75, 3.05) is 13.2 Å². The third-order valence-electron chi connectivity index (χ3n) is 7.27. The summed E-state index contributed by atoms with van der Waals surface area (Å²) in [5.74, 6) is -1.04. The summed E-state index contributed by atoms with van der Waals surface area (Å²) < 4.78 is 5.60. The Labute approximate surface area is 199 Å². The van der Waals surface area contributed by atoms with Gasteiger partial charge in [0.1, 0.15) is 6.61 Å². The van der Waals surface area contributed by atoms with Gasteiger partial charge in [-0.05, 0) is 47.9 Å². The van der Waals surface area contributed by atoms with Crippen LogP contribution in [0.15, 0.2) is 48.5 Å². The monoisotopic (exact) mass is 464 g/mol. The molecule has 0 radical (unpaired) electrons. The van der Waals surface area contributed by atoms with Gasteiger partial charge in [0.2, 0.25) is 5.91 Å². The van der Waals surface area contributed by atoms with E-state index in [1.165, 1.54) is 11.1 Å². The molecule has 1 fully saturated rings. The Morgan fingerprint density at radius 2 is 1.68 bits per heavy atom. The molecule has 1 atom stereocenters. The molecule has 2 aromatic rings. The second-order valence-corrected chi connectivity index (χ2v) is 9.33. The van der Waals surface area contributed by atoms with Crippen molar-refractivity contribution in [2.45, 2.75) is 57.4 Å². The van der Waals surface area contributed by atoms with Gasteiger partial charge in [0, 0.05) is 24.9 Å². The number of aliphatic carboxylic acids is 1. The van der Waals surface area contributed by atoms with Gasteiger partial charge >= 0.3 is 12.1 Å².